The molecule has 4 aromatic rings. The molecule has 0 aliphatic heterocycles. The molecule has 2 heterocycles. The lowest BCUT2D eigenvalue weighted by Gasteiger charge is -2.21. The maximum absolute atomic E-state index is 14.4. The largest absolute Gasteiger partial charge is 0.505 e. The van der Waals surface area contributed by atoms with Crippen molar-refractivity contribution in [3.63, 3.8) is 0 Å². The first-order valence-electron chi connectivity index (χ1n) is 9.69. The summed E-state index contributed by atoms with van der Waals surface area (Å²) in [6, 6.07) is 11.5. The molecule has 0 saturated heterocycles. The van der Waals surface area contributed by atoms with Crippen LogP contribution in [-0.2, 0) is 12.6 Å². The predicted molar refractivity (Wildman–Crippen MR) is 114 cm³/mol. The molecule has 32 heavy (non-hydrogen) atoms. The van der Waals surface area contributed by atoms with Gasteiger partial charge in [-0.2, -0.15) is 13.2 Å². The second kappa shape index (κ2) is 8.39. The molecule has 0 bridgehead atoms. The van der Waals surface area contributed by atoms with E-state index in [1.807, 2.05) is 0 Å². The summed E-state index contributed by atoms with van der Waals surface area (Å²) < 4.78 is 53.6. The molecular formula is C24H17ClF4N2O. The molecule has 2 aromatic carbocycles. The van der Waals surface area contributed by atoms with Crippen LogP contribution in [0.15, 0.2) is 60.9 Å². The average molecular weight is 461 g/mol. The summed E-state index contributed by atoms with van der Waals surface area (Å²) in [5.74, 6) is -2.16. The highest BCUT2D eigenvalue weighted by atomic mass is 35.5. The fourth-order valence-corrected chi connectivity index (χ4v) is 4.00. The van der Waals surface area contributed by atoms with Gasteiger partial charge in [-0.3, -0.25) is 9.97 Å². The van der Waals surface area contributed by atoms with E-state index in [2.05, 4.69) is 9.97 Å². The van der Waals surface area contributed by atoms with E-state index in [4.69, 9.17) is 11.6 Å². The number of nitrogens with zero attached hydrogens (tertiary/aromatic N) is 2. The van der Waals surface area contributed by atoms with Crippen LogP contribution in [0.3, 0.4) is 0 Å². The maximum Gasteiger partial charge on any atom is 0.419 e. The molecule has 3 nitrogen and oxygen atoms in total. The number of halogens is 5. The fourth-order valence-electron chi connectivity index (χ4n) is 3.79. The van der Waals surface area contributed by atoms with Gasteiger partial charge in [0.15, 0.2) is 0 Å². The molecule has 0 radical (unpaired) electrons. The van der Waals surface area contributed by atoms with Gasteiger partial charge >= 0.3 is 6.18 Å². The molecule has 0 aliphatic rings. The number of aromatic hydroxyl groups is 1. The molecule has 8 heteroatoms. The van der Waals surface area contributed by atoms with Crippen molar-refractivity contribution < 1.29 is 22.7 Å². The zero-order valence-electron chi connectivity index (χ0n) is 16.8. The van der Waals surface area contributed by atoms with Crippen molar-refractivity contribution in [1.82, 2.24) is 9.97 Å². The summed E-state index contributed by atoms with van der Waals surface area (Å²) in [5, 5.41) is 12.1. The summed E-state index contributed by atoms with van der Waals surface area (Å²) in [6.45, 7) is 1.81. The predicted octanol–water partition coefficient (Wildman–Crippen LogP) is 6.83. The van der Waals surface area contributed by atoms with Gasteiger partial charge in [-0.1, -0.05) is 35.9 Å². The number of aromatic nitrogens is 2. The summed E-state index contributed by atoms with van der Waals surface area (Å²) in [7, 11) is 0. The highest BCUT2D eigenvalue weighted by molar-refractivity contribution is 6.30. The fraction of sp³-hybridized carbons (Fsp3) is 0.167. The van der Waals surface area contributed by atoms with Gasteiger partial charge in [0.25, 0.3) is 0 Å². The van der Waals surface area contributed by atoms with Crippen LogP contribution >= 0.6 is 11.6 Å². The summed E-state index contributed by atoms with van der Waals surface area (Å²) in [4.78, 5) is 8.55. The van der Waals surface area contributed by atoms with Gasteiger partial charge in [-0.25, -0.2) is 4.39 Å². The third-order valence-corrected chi connectivity index (χ3v) is 5.61. The molecule has 164 valence electrons. The van der Waals surface area contributed by atoms with Crippen molar-refractivity contribution in [2.24, 2.45) is 0 Å². The lowest BCUT2D eigenvalue weighted by Crippen LogP contribution is -2.12. The van der Waals surface area contributed by atoms with E-state index >= 15 is 0 Å². The number of rotatable bonds is 4. The van der Waals surface area contributed by atoms with Crippen LogP contribution in [0, 0.1) is 12.7 Å². The Morgan fingerprint density at radius 2 is 1.84 bits per heavy atom. The van der Waals surface area contributed by atoms with Gasteiger partial charge in [-0.15, -0.1) is 0 Å². The Morgan fingerprint density at radius 3 is 2.53 bits per heavy atom. The summed E-state index contributed by atoms with van der Waals surface area (Å²) in [6.07, 6.45) is -1.60. The Kier molecular flexibility index (Phi) is 5.77. The molecule has 1 unspecified atom stereocenters. The normalized spacial score (nSPS) is 12.8. The topological polar surface area (TPSA) is 46.0 Å². The van der Waals surface area contributed by atoms with Crippen LogP contribution < -0.4 is 0 Å². The van der Waals surface area contributed by atoms with Gasteiger partial charge in [0.2, 0.25) is 0 Å². The van der Waals surface area contributed by atoms with Gasteiger partial charge < -0.3 is 5.11 Å². The number of hydrogen-bond acceptors (Lipinski definition) is 3. The number of phenolic OH excluding ortho intramolecular Hbond substituents is 1. The Labute approximate surface area is 186 Å². The summed E-state index contributed by atoms with van der Waals surface area (Å²) in [5.41, 5.74) is 1.09. The number of hydrogen-bond donors (Lipinski definition) is 1. The SMILES string of the molecule is Cc1cc(Cl)cnc1CC(c1ccc(C(F)(F)F)c(F)c1)c1ccc2cccnc2c1O. The minimum atomic E-state index is -4.80. The monoisotopic (exact) mass is 460 g/mol. The standard InChI is InChI=1S/C24H17ClF4N2O/c1-13-9-16(25)12-31-21(13)11-18(15-5-7-19(20(26)10-15)24(27,28)29)17-6-4-14-3-2-8-30-22(14)23(17)32/h2-10,12,18,32H,11H2,1H3. The first-order chi connectivity index (χ1) is 15.1. The Balaban J connectivity index is 1.88. The molecule has 0 spiro atoms. The van der Waals surface area contributed by atoms with E-state index in [1.165, 1.54) is 18.5 Å². The van der Waals surface area contributed by atoms with E-state index in [0.29, 0.717) is 27.2 Å². The number of aryl methyl sites for hydroxylation is 1. The number of alkyl halides is 3. The van der Waals surface area contributed by atoms with Gasteiger partial charge in [-0.05, 0) is 42.3 Å². The lowest BCUT2D eigenvalue weighted by molar-refractivity contribution is -0.140. The van der Waals surface area contributed by atoms with Crippen molar-refractivity contribution in [2.75, 3.05) is 0 Å². The van der Waals surface area contributed by atoms with Gasteiger partial charge in [0, 0.05) is 41.4 Å². The average Bonchev–Trinajstić information content (AvgIpc) is 2.73. The van der Waals surface area contributed by atoms with Crippen LogP contribution in [0.2, 0.25) is 5.02 Å². The maximum atomic E-state index is 14.4. The molecule has 4 rings (SSSR count). The van der Waals surface area contributed by atoms with Crippen LogP contribution in [0.5, 0.6) is 5.75 Å². The minimum Gasteiger partial charge on any atom is -0.505 e. The first kappa shape index (κ1) is 22.0. The zero-order valence-corrected chi connectivity index (χ0v) is 17.5. The van der Waals surface area contributed by atoms with Crippen molar-refractivity contribution in [3.8, 4) is 5.75 Å². The van der Waals surface area contributed by atoms with Crippen LogP contribution in [0.4, 0.5) is 17.6 Å². The number of pyridine rings is 2. The van der Waals surface area contributed by atoms with Crippen molar-refractivity contribution in [2.45, 2.75) is 25.4 Å². The van der Waals surface area contributed by atoms with Gasteiger partial charge in [0.05, 0.1) is 10.6 Å². The van der Waals surface area contributed by atoms with Gasteiger partial charge in [0.1, 0.15) is 17.1 Å². The van der Waals surface area contributed by atoms with Crippen molar-refractivity contribution in [1.29, 1.82) is 0 Å². The third kappa shape index (κ3) is 4.25. The zero-order chi connectivity index (χ0) is 23.0. The summed E-state index contributed by atoms with van der Waals surface area (Å²) >= 11 is 5.99. The van der Waals surface area contributed by atoms with E-state index in [0.717, 1.165) is 17.7 Å². The molecule has 2 aromatic heterocycles. The molecule has 1 N–H and O–H groups in total. The molecule has 0 saturated carbocycles. The van der Waals surface area contributed by atoms with E-state index in [-0.39, 0.29) is 17.7 Å². The van der Waals surface area contributed by atoms with E-state index in [1.54, 1.807) is 37.3 Å². The Hall–Kier alpha value is -3.19. The number of benzene rings is 2. The minimum absolute atomic E-state index is 0.111. The van der Waals surface area contributed by atoms with Crippen LogP contribution in [0.25, 0.3) is 10.9 Å². The lowest BCUT2D eigenvalue weighted by atomic mass is 9.85. The Bertz CT molecular complexity index is 1310. The molecule has 0 fully saturated rings. The quantitative estimate of drug-likeness (QED) is 0.339. The number of fused-ring (bicyclic) bond motifs is 1. The second-order valence-corrected chi connectivity index (χ2v) is 7.93. The van der Waals surface area contributed by atoms with E-state index < -0.39 is 23.5 Å². The smallest absolute Gasteiger partial charge is 0.419 e. The highest BCUT2D eigenvalue weighted by Crippen LogP contribution is 2.40. The second-order valence-electron chi connectivity index (χ2n) is 7.49. The molecule has 0 aliphatic carbocycles. The van der Waals surface area contributed by atoms with Crippen molar-refractivity contribution >= 4 is 22.5 Å². The van der Waals surface area contributed by atoms with Crippen molar-refractivity contribution in [3.05, 3.63) is 99.7 Å². The number of phenols is 1. The Morgan fingerprint density at radius 1 is 1.06 bits per heavy atom. The van der Waals surface area contributed by atoms with E-state index in [9.17, 15) is 22.7 Å². The van der Waals surface area contributed by atoms with Crippen LogP contribution in [-0.4, -0.2) is 15.1 Å². The third-order valence-electron chi connectivity index (χ3n) is 5.41. The molecule has 0 amide bonds. The molecule has 1 atom stereocenters. The molecular weight excluding hydrogens is 444 g/mol. The first-order valence-corrected chi connectivity index (χ1v) is 10.1. The van der Waals surface area contributed by atoms with Crippen LogP contribution in [0.1, 0.15) is 33.9 Å². The highest BCUT2D eigenvalue weighted by Gasteiger charge is 2.34.